The summed E-state index contributed by atoms with van der Waals surface area (Å²) in [6, 6.07) is 14.2. The number of thiophene rings is 1. The van der Waals surface area contributed by atoms with Crippen LogP contribution in [0.15, 0.2) is 46.3 Å². The molecule has 0 aliphatic carbocycles. The van der Waals surface area contributed by atoms with Crippen LogP contribution >= 0.6 is 27.3 Å². The highest BCUT2D eigenvalue weighted by atomic mass is 79.9. The first-order valence-electron chi connectivity index (χ1n) is 6.95. The van der Waals surface area contributed by atoms with Crippen molar-refractivity contribution in [3.8, 4) is 0 Å². The van der Waals surface area contributed by atoms with Crippen molar-refractivity contribution < 1.29 is 4.79 Å². The summed E-state index contributed by atoms with van der Waals surface area (Å²) in [6.45, 7) is 4.22. The SMILES string of the molecule is CCC(CC)(C(=O)Cc1ccc(Br)s1)c1ccccc1. The van der Waals surface area contributed by atoms with Gasteiger partial charge in [-0.2, -0.15) is 0 Å². The van der Waals surface area contributed by atoms with Gasteiger partial charge in [0.15, 0.2) is 0 Å². The molecule has 0 spiro atoms. The van der Waals surface area contributed by atoms with E-state index in [2.05, 4.69) is 41.9 Å². The fourth-order valence-electron chi connectivity index (χ4n) is 2.74. The summed E-state index contributed by atoms with van der Waals surface area (Å²) in [5, 5.41) is 0. The van der Waals surface area contributed by atoms with E-state index in [1.807, 2.05) is 30.3 Å². The summed E-state index contributed by atoms with van der Waals surface area (Å²) in [6.07, 6.45) is 2.21. The minimum Gasteiger partial charge on any atom is -0.298 e. The summed E-state index contributed by atoms with van der Waals surface area (Å²) in [5.41, 5.74) is 0.795. The second-order valence-electron chi connectivity index (χ2n) is 4.96. The molecule has 0 bridgehead atoms. The number of halogens is 1. The van der Waals surface area contributed by atoms with Crippen molar-refractivity contribution in [2.45, 2.75) is 38.5 Å². The van der Waals surface area contributed by atoms with Crippen molar-refractivity contribution in [3.63, 3.8) is 0 Å². The van der Waals surface area contributed by atoms with Gasteiger partial charge in [-0.1, -0.05) is 44.2 Å². The van der Waals surface area contributed by atoms with Crippen LogP contribution in [0, 0.1) is 0 Å². The molecule has 1 aromatic heterocycles. The van der Waals surface area contributed by atoms with Crippen LogP contribution in [0.4, 0.5) is 0 Å². The van der Waals surface area contributed by atoms with E-state index >= 15 is 0 Å². The first-order chi connectivity index (χ1) is 9.62. The smallest absolute Gasteiger partial charge is 0.148 e. The lowest BCUT2D eigenvalue weighted by Gasteiger charge is -2.30. The fourth-order valence-corrected chi connectivity index (χ4v) is 4.23. The Bertz CT molecular complexity index is 570. The lowest BCUT2D eigenvalue weighted by molar-refractivity contribution is -0.124. The van der Waals surface area contributed by atoms with Gasteiger partial charge in [-0.15, -0.1) is 11.3 Å². The molecular formula is C17H19BrOS. The number of hydrogen-bond donors (Lipinski definition) is 0. The van der Waals surface area contributed by atoms with Gasteiger partial charge in [0.05, 0.1) is 9.20 Å². The van der Waals surface area contributed by atoms with E-state index in [1.54, 1.807) is 11.3 Å². The number of Topliss-reactive ketones (excluding diaryl/α,β-unsaturated/α-hetero) is 1. The molecule has 0 radical (unpaired) electrons. The Hall–Kier alpha value is -0.930. The molecule has 20 heavy (non-hydrogen) atoms. The molecule has 106 valence electrons. The molecular weight excluding hydrogens is 332 g/mol. The van der Waals surface area contributed by atoms with Gasteiger partial charge in [-0.25, -0.2) is 0 Å². The third kappa shape index (κ3) is 3.04. The summed E-state index contributed by atoms with van der Waals surface area (Å²) >= 11 is 5.10. The molecule has 0 saturated heterocycles. The Morgan fingerprint density at radius 3 is 2.25 bits per heavy atom. The summed E-state index contributed by atoms with van der Waals surface area (Å²) in [5.74, 6) is 0.322. The molecule has 0 N–H and O–H groups in total. The normalized spacial score (nSPS) is 11.6. The zero-order valence-electron chi connectivity index (χ0n) is 11.9. The lowest BCUT2D eigenvalue weighted by Crippen LogP contribution is -2.35. The first-order valence-corrected chi connectivity index (χ1v) is 8.56. The topological polar surface area (TPSA) is 17.1 Å². The van der Waals surface area contributed by atoms with Gasteiger partial charge < -0.3 is 0 Å². The van der Waals surface area contributed by atoms with Crippen molar-refractivity contribution in [2.75, 3.05) is 0 Å². The summed E-state index contributed by atoms with van der Waals surface area (Å²) in [4.78, 5) is 14.0. The average Bonchev–Trinajstić information content (AvgIpc) is 2.87. The van der Waals surface area contributed by atoms with Crippen molar-refractivity contribution in [3.05, 3.63) is 56.7 Å². The third-order valence-electron chi connectivity index (χ3n) is 4.03. The van der Waals surface area contributed by atoms with E-state index in [0.717, 1.165) is 27.1 Å². The maximum absolute atomic E-state index is 12.9. The number of benzene rings is 1. The minimum atomic E-state index is -0.349. The van der Waals surface area contributed by atoms with Crippen LogP contribution in [0.25, 0.3) is 0 Å². The monoisotopic (exact) mass is 350 g/mol. The van der Waals surface area contributed by atoms with Gasteiger partial charge in [-0.3, -0.25) is 4.79 Å². The highest BCUT2D eigenvalue weighted by Gasteiger charge is 2.36. The largest absolute Gasteiger partial charge is 0.298 e. The predicted molar refractivity (Wildman–Crippen MR) is 89.4 cm³/mol. The number of carbonyl (C=O) groups is 1. The molecule has 0 atom stereocenters. The second-order valence-corrected chi connectivity index (χ2v) is 7.51. The highest BCUT2D eigenvalue weighted by Crippen LogP contribution is 2.35. The standard InChI is InChI=1S/C17H19BrOS/c1-3-17(4-2,13-8-6-5-7-9-13)15(19)12-14-10-11-16(18)20-14/h5-11H,3-4,12H2,1-2H3. The lowest BCUT2D eigenvalue weighted by atomic mass is 9.71. The molecule has 3 heteroatoms. The molecule has 0 aliphatic rings. The Morgan fingerprint density at radius 2 is 1.75 bits per heavy atom. The maximum atomic E-state index is 12.9. The number of carbonyl (C=O) groups excluding carboxylic acids is 1. The molecule has 0 amide bonds. The summed E-state index contributed by atoms with van der Waals surface area (Å²) < 4.78 is 1.08. The van der Waals surface area contributed by atoms with Crippen LogP contribution in [-0.2, 0) is 16.6 Å². The molecule has 2 rings (SSSR count). The Kier molecular flexibility index (Phi) is 5.17. The van der Waals surface area contributed by atoms with E-state index in [1.165, 1.54) is 0 Å². The Morgan fingerprint density at radius 1 is 1.10 bits per heavy atom. The van der Waals surface area contributed by atoms with Crippen LogP contribution < -0.4 is 0 Å². The number of ketones is 1. The van der Waals surface area contributed by atoms with Crippen molar-refractivity contribution in [2.24, 2.45) is 0 Å². The predicted octanol–water partition coefficient (Wildman–Crippen LogP) is 5.38. The zero-order chi connectivity index (χ0) is 14.6. The van der Waals surface area contributed by atoms with Crippen LogP contribution in [0.5, 0.6) is 0 Å². The Labute approximate surface area is 133 Å². The molecule has 0 aliphatic heterocycles. The third-order valence-corrected chi connectivity index (χ3v) is 5.65. The maximum Gasteiger partial charge on any atom is 0.148 e. The second kappa shape index (κ2) is 6.68. The molecule has 1 nitrogen and oxygen atoms in total. The van der Waals surface area contributed by atoms with E-state index < -0.39 is 0 Å². The van der Waals surface area contributed by atoms with Gasteiger partial charge in [0.25, 0.3) is 0 Å². The molecule has 0 unspecified atom stereocenters. The van der Waals surface area contributed by atoms with Crippen molar-refractivity contribution >= 4 is 33.0 Å². The molecule has 2 aromatic rings. The number of rotatable bonds is 6. The van der Waals surface area contributed by atoms with E-state index in [0.29, 0.717) is 12.2 Å². The Balaban J connectivity index is 2.30. The highest BCUT2D eigenvalue weighted by molar-refractivity contribution is 9.11. The molecule has 1 aromatic carbocycles. The van der Waals surface area contributed by atoms with Gasteiger partial charge in [0.1, 0.15) is 5.78 Å². The first kappa shape index (κ1) is 15.5. The zero-order valence-corrected chi connectivity index (χ0v) is 14.3. The van der Waals surface area contributed by atoms with Crippen LogP contribution in [0.2, 0.25) is 0 Å². The van der Waals surface area contributed by atoms with Crippen LogP contribution in [0.1, 0.15) is 37.1 Å². The average molecular weight is 351 g/mol. The minimum absolute atomic E-state index is 0.322. The van der Waals surface area contributed by atoms with Crippen molar-refractivity contribution in [1.29, 1.82) is 0 Å². The van der Waals surface area contributed by atoms with Gasteiger partial charge in [0.2, 0.25) is 0 Å². The summed E-state index contributed by atoms with van der Waals surface area (Å²) in [7, 11) is 0. The molecule has 0 saturated carbocycles. The van der Waals surface area contributed by atoms with Gasteiger partial charge in [-0.05, 0) is 46.5 Å². The fraction of sp³-hybridized carbons (Fsp3) is 0.353. The van der Waals surface area contributed by atoms with E-state index in [9.17, 15) is 4.79 Å². The number of hydrogen-bond acceptors (Lipinski definition) is 2. The van der Waals surface area contributed by atoms with Gasteiger partial charge >= 0.3 is 0 Å². The van der Waals surface area contributed by atoms with Gasteiger partial charge in [0, 0.05) is 11.3 Å². The molecule has 0 fully saturated rings. The van der Waals surface area contributed by atoms with E-state index in [-0.39, 0.29) is 5.41 Å². The quantitative estimate of drug-likeness (QED) is 0.683. The van der Waals surface area contributed by atoms with Crippen LogP contribution in [-0.4, -0.2) is 5.78 Å². The van der Waals surface area contributed by atoms with Crippen molar-refractivity contribution in [1.82, 2.24) is 0 Å². The van der Waals surface area contributed by atoms with E-state index in [4.69, 9.17) is 0 Å². The van der Waals surface area contributed by atoms with Crippen LogP contribution in [0.3, 0.4) is 0 Å². The molecule has 1 heterocycles.